The van der Waals surface area contributed by atoms with Gasteiger partial charge in [0.05, 0.1) is 17.2 Å². The van der Waals surface area contributed by atoms with Crippen LogP contribution in [0.5, 0.6) is 5.88 Å². The quantitative estimate of drug-likeness (QED) is 0.504. The first-order valence-electron chi connectivity index (χ1n) is 9.99. The Labute approximate surface area is 185 Å². The Balaban J connectivity index is 1.47. The number of halogens is 2. The summed E-state index contributed by atoms with van der Waals surface area (Å²) in [7, 11) is 0. The number of rotatable bonds is 4. The average molecular weight is 459 g/mol. The molecule has 1 aromatic carbocycles. The zero-order valence-corrected chi connectivity index (χ0v) is 17.9. The molecule has 1 aliphatic rings. The number of carbonyl (C=O) groups is 1. The Hall–Kier alpha value is -3.31. The van der Waals surface area contributed by atoms with Crippen LogP contribution in [0.4, 0.5) is 8.78 Å². The van der Waals surface area contributed by atoms with Crippen molar-refractivity contribution in [3.05, 3.63) is 70.3 Å². The summed E-state index contributed by atoms with van der Waals surface area (Å²) >= 11 is 1.24. The summed E-state index contributed by atoms with van der Waals surface area (Å²) < 4.78 is 34.3. The van der Waals surface area contributed by atoms with E-state index in [-0.39, 0.29) is 17.5 Å². The highest BCUT2D eigenvalue weighted by atomic mass is 32.1. The molecule has 1 atom stereocenters. The van der Waals surface area contributed by atoms with Gasteiger partial charge in [-0.15, -0.1) is 5.10 Å². The van der Waals surface area contributed by atoms with E-state index in [1.54, 1.807) is 24.0 Å². The maximum absolute atomic E-state index is 14.1. The second kappa shape index (κ2) is 7.99. The molecule has 1 fully saturated rings. The van der Waals surface area contributed by atoms with Crippen LogP contribution in [0.15, 0.2) is 41.0 Å². The van der Waals surface area contributed by atoms with Crippen LogP contribution >= 0.6 is 11.3 Å². The van der Waals surface area contributed by atoms with Gasteiger partial charge < -0.3 is 14.4 Å². The lowest BCUT2D eigenvalue weighted by Crippen LogP contribution is -2.49. The van der Waals surface area contributed by atoms with Crippen LogP contribution in [0, 0.1) is 18.6 Å². The number of amides is 1. The molecular weight excluding hydrogens is 440 g/mol. The summed E-state index contributed by atoms with van der Waals surface area (Å²) in [4.78, 5) is 21.6. The highest BCUT2D eigenvalue weighted by molar-refractivity contribution is 7.17. The molecule has 166 valence electrons. The van der Waals surface area contributed by atoms with E-state index in [1.807, 2.05) is 4.90 Å². The molecule has 1 saturated heterocycles. The van der Waals surface area contributed by atoms with Crippen molar-refractivity contribution in [1.82, 2.24) is 24.4 Å². The first-order valence-corrected chi connectivity index (χ1v) is 10.8. The lowest BCUT2D eigenvalue weighted by molar-refractivity contribution is 0.0567. The minimum absolute atomic E-state index is 0.0885. The zero-order valence-electron chi connectivity index (χ0n) is 17.0. The number of hydrogen-bond donors (Lipinski definition) is 1. The Morgan fingerprint density at radius 1 is 1.19 bits per heavy atom. The van der Waals surface area contributed by atoms with Crippen molar-refractivity contribution < 1.29 is 23.1 Å². The van der Waals surface area contributed by atoms with E-state index >= 15 is 0 Å². The largest absolute Gasteiger partial charge is 0.492 e. The average Bonchev–Trinajstić information content (AvgIpc) is 3.50. The van der Waals surface area contributed by atoms with E-state index in [1.165, 1.54) is 28.2 Å². The fraction of sp³-hybridized carbons (Fsp3) is 0.286. The van der Waals surface area contributed by atoms with Crippen LogP contribution in [-0.2, 0) is 0 Å². The van der Waals surface area contributed by atoms with Crippen LogP contribution in [0.1, 0.15) is 32.9 Å². The van der Waals surface area contributed by atoms with Gasteiger partial charge in [-0.3, -0.25) is 9.69 Å². The molecule has 4 heterocycles. The second-order valence-corrected chi connectivity index (χ2v) is 8.53. The SMILES string of the molecule is Cc1nc2sc([C@H](c3ccc(F)c(F)c3)N3CCN(C(=O)c4ccco4)CC3)c(O)n2n1. The predicted molar refractivity (Wildman–Crippen MR) is 112 cm³/mol. The van der Waals surface area contributed by atoms with Crippen LogP contribution in [0.25, 0.3) is 4.96 Å². The standard InChI is InChI=1S/C21H19F2N5O3S/c1-12-24-21-28(25-12)20(30)18(32-21)17(13-4-5-14(22)15(23)11-13)26-6-8-27(9-7-26)19(29)16-3-2-10-31-16/h2-5,10-11,17,30H,6-9H2,1H3/t17-/m0/s1. The van der Waals surface area contributed by atoms with Crippen molar-refractivity contribution >= 4 is 22.2 Å². The van der Waals surface area contributed by atoms with Gasteiger partial charge in [0.1, 0.15) is 5.82 Å². The highest BCUT2D eigenvalue weighted by Crippen LogP contribution is 2.40. The molecule has 0 saturated carbocycles. The van der Waals surface area contributed by atoms with Gasteiger partial charge in [-0.25, -0.2) is 13.8 Å². The molecule has 0 bridgehead atoms. The van der Waals surface area contributed by atoms with E-state index < -0.39 is 17.7 Å². The number of benzene rings is 1. The zero-order chi connectivity index (χ0) is 22.4. The summed E-state index contributed by atoms with van der Waals surface area (Å²) in [5.74, 6) is -1.40. The molecule has 11 heteroatoms. The minimum Gasteiger partial charge on any atom is -0.492 e. The molecule has 0 aliphatic carbocycles. The lowest BCUT2D eigenvalue weighted by atomic mass is 10.0. The Morgan fingerprint density at radius 2 is 1.97 bits per heavy atom. The monoisotopic (exact) mass is 459 g/mol. The maximum Gasteiger partial charge on any atom is 0.289 e. The third-order valence-electron chi connectivity index (χ3n) is 5.51. The highest BCUT2D eigenvalue weighted by Gasteiger charge is 2.33. The topological polar surface area (TPSA) is 87.1 Å². The molecule has 8 nitrogen and oxygen atoms in total. The van der Waals surface area contributed by atoms with Gasteiger partial charge in [0.15, 0.2) is 17.4 Å². The van der Waals surface area contributed by atoms with Crippen molar-refractivity contribution in [2.24, 2.45) is 0 Å². The van der Waals surface area contributed by atoms with Crippen molar-refractivity contribution in [1.29, 1.82) is 0 Å². The molecule has 1 aliphatic heterocycles. The van der Waals surface area contributed by atoms with E-state index in [9.17, 15) is 18.7 Å². The number of fused-ring (bicyclic) bond motifs is 1. The van der Waals surface area contributed by atoms with E-state index in [2.05, 4.69) is 10.1 Å². The third kappa shape index (κ3) is 3.53. The second-order valence-electron chi connectivity index (χ2n) is 7.52. The van der Waals surface area contributed by atoms with Gasteiger partial charge in [-0.1, -0.05) is 17.4 Å². The van der Waals surface area contributed by atoms with Gasteiger partial charge >= 0.3 is 0 Å². The predicted octanol–water partition coefficient (Wildman–Crippen LogP) is 3.22. The Kier molecular flexibility index (Phi) is 5.14. The Bertz CT molecular complexity index is 1280. The molecule has 0 radical (unpaired) electrons. The number of hydrogen-bond acceptors (Lipinski definition) is 7. The summed E-state index contributed by atoms with van der Waals surface area (Å²) in [6.07, 6.45) is 1.45. The summed E-state index contributed by atoms with van der Waals surface area (Å²) in [5.41, 5.74) is 0.492. The summed E-state index contributed by atoms with van der Waals surface area (Å²) in [6.45, 7) is 3.48. The first-order chi connectivity index (χ1) is 15.4. The fourth-order valence-electron chi connectivity index (χ4n) is 3.98. The molecule has 0 unspecified atom stereocenters. The number of aromatic hydroxyl groups is 1. The minimum atomic E-state index is -0.964. The molecule has 3 aromatic heterocycles. The molecule has 32 heavy (non-hydrogen) atoms. The smallest absolute Gasteiger partial charge is 0.289 e. The van der Waals surface area contributed by atoms with E-state index in [0.717, 1.165) is 12.1 Å². The third-order valence-corrected chi connectivity index (χ3v) is 6.58. The van der Waals surface area contributed by atoms with Gasteiger partial charge in [0, 0.05) is 26.2 Å². The maximum atomic E-state index is 14.1. The molecule has 1 N–H and O–H groups in total. The number of furan rings is 1. The van der Waals surface area contributed by atoms with Crippen LogP contribution < -0.4 is 0 Å². The number of aryl methyl sites for hydroxylation is 1. The normalized spacial score (nSPS) is 16.0. The fourth-order valence-corrected chi connectivity index (χ4v) is 5.14. The molecular formula is C21H19F2N5O3S. The van der Waals surface area contributed by atoms with Gasteiger partial charge in [0.2, 0.25) is 10.8 Å². The number of thiazole rings is 1. The van der Waals surface area contributed by atoms with Crippen molar-refractivity contribution in [3.63, 3.8) is 0 Å². The van der Waals surface area contributed by atoms with Crippen LogP contribution in [-0.4, -0.2) is 61.6 Å². The van der Waals surface area contributed by atoms with Gasteiger partial charge in [0.25, 0.3) is 5.91 Å². The Morgan fingerprint density at radius 3 is 2.62 bits per heavy atom. The van der Waals surface area contributed by atoms with Crippen LogP contribution in [0.3, 0.4) is 0 Å². The van der Waals surface area contributed by atoms with Gasteiger partial charge in [-0.05, 0) is 36.8 Å². The molecule has 1 amide bonds. The van der Waals surface area contributed by atoms with Crippen molar-refractivity contribution in [2.45, 2.75) is 13.0 Å². The summed E-state index contributed by atoms with van der Waals surface area (Å²) in [6, 6.07) is 6.44. The van der Waals surface area contributed by atoms with Crippen molar-refractivity contribution in [2.75, 3.05) is 26.2 Å². The number of piperazine rings is 1. The molecule has 5 rings (SSSR count). The van der Waals surface area contributed by atoms with E-state index in [4.69, 9.17) is 4.42 Å². The number of aromatic nitrogens is 3. The van der Waals surface area contributed by atoms with E-state index in [0.29, 0.717) is 47.4 Å². The van der Waals surface area contributed by atoms with Crippen molar-refractivity contribution in [3.8, 4) is 5.88 Å². The first kappa shape index (κ1) is 20.6. The number of nitrogens with zero attached hydrogens (tertiary/aromatic N) is 5. The van der Waals surface area contributed by atoms with Gasteiger partial charge in [-0.2, -0.15) is 4.52 Å². The molecule has 0 spiro atoms. The molecule has 4 aromatic rings. The lowest BCUT2D eigenvalue weighted by Gasteiger charge is -2.38. The number of carbonyl (C=O) groups excluding carboxylic acids is 1. The van der Waals surface area contributed by atoms with Crippen LogP contribution in [0.2, 0.25) is 0 Å². The summed E-state index contributed by atoms with van der Waals surface area (Å²) in [5, 5.41) is 15.1.